The Morgan fingerprint density at radius 1 is 1.50 bits per heavy atom. The van der Waals surface area contributed by atoms with Crippen LogP contribution in [0.5, 0.6) is 0 Å². The molecule has 2 heterocycles. The number of aromatic amines is 1. The van der Waals surface area contributed by atoms with Gasteiger partial charge in [0.1, 0.15) is 4.64 Å². The van der Waals surface area contributed by atoms with E-state index in [-0.39, 0.29) is 5.56 Å². The summed E-state index contributed by atoms with van der Waals surface area (Å²) in [5, 5.41) is 0. The van der Waals surface area contributed by atoms with Gasteiger partial charge in [0.15, 0.2) is 0 Å². The third-order valence-electron chi connectivity index (χ3n) is 2.53. The molecule has 0 unspecified atom stereocenters. The summed E-state index contributed by atoms with van der Waals surface area (Å²) in [4.78, 5) is 18.2. The monoisotopic (exact) mass is 235 g/mol. The van der Waals surface area contributed by atoms with E-state index in [1.807, 2.05) is 17.5 Å². The van der Waals surface area contributed by atoms with Crippen LogP contribution in [0.4, 0.5) is 0 Å². The van der Waals surface area contributed by atoms with Gasteiger partial charge in [0, 0.05) is 23.5 Å². The van der Waals surface area contributed by atoms with Crippen LogP contribution in [0.2, 0.25) is 0 Å². The molecular weight excluding hydrogens is 222 g/mol. The lowest BCUT2D eigenvalue weighted by Gasteiger charge is -2.09. The zero-order valence-corrected chi connectivity index (χ0v) is 10.3. The van der Waals surface area contributed by atoms with Gasteiger partial charge < -0.3 is 0 Å². The van der Waals surface area contributed by atoms with Crippen LogP contribution in [0.3, 0.4) is 0 Å². The standard InChI is InChI=1S/C11H13N3OS/c1-6(2)8-5-14-7(3)4-9(15)12-11(14)13-10(8)16/h4-6H,1-3H3,(H,12,13,15,16). The topological polar surface area (TPSA) is 50.2 Å². The van der Waals surface area contributed by atoms with Crippen LogP contribution in [-0.2, 0) is 0 Å². The maximum Gasteiger partial charge on any atom is 0.252 e. The second-order valence-electron chi connectivity index (χ2n) is 4.12. The highest BCUT2D eigenvalue weighted by Gasteiger charge is 2.06. The summed E-state index contributed by atoms with van der Waals surface area (Å²) in [6.45, 7) is 6.01. The summed E-state index contributed by atoms with van der Waals surface area (Å²) >= 11 is 5.20. The molecule has 2 aromatic heterocycles. The van der Waals surface area contributed by atoms with Crippen molar-refractivity contribution in [3.8, 4) is 0 Å². The Balaban J connectivity index is 2.90. The van der Waals surface area contributed by atoms with E-state index in [0.29, 0.717) is 16.3 Å². The minimum Gasteiger partial charge on any atom is -0.292 e. The van der Waals surface area contributed by atoms with Gasteiger partial charge in [-0.05, 0) is 12.8 Å². The van der Waals surface area contributed by atoms with Crippen molar-refractivity contribution >= 4 is 18.0 Å². The van der Waals surface area contributed by atoms with E-state index in [0.717, 1.165) is 11.3 Å². The van der Waals surface area contributed by atoms with Crippen LogP contribution >= 0.6 is 12.2 Å². The van der Waals surface area contributed by atoms with Crippen molar-refractivity contribution < 1.29 is 0 Å². The lowest BCUT2D eigenvalue weighted by Crippen LogP contribution is -2.12. The molecule has 84 valence electrons. The smallest absolute Gasteiger partial charge is 0.252 e. The molecule has 0 saturated heterocycles. The summed E-state index contributed by atoms with van der Waals surface area (Å²) in [5.74, 6) is 0.822. The van der Waals surface area contributed by atoms with Crippen LogP contribution in [0.25, 0.3) is 5.78 Å². The van der Waals surface area contributed by atoms with Gasteiger partial charge in [-0.3, -0.25) is 14.2 Å². The van der Waals surface area contributed by atoms with E-state index in [9.17, 15) is 4.79 Å². The van der Waals surface area contributed by atoms with Crippen molar-refractivity contribution in [2.45, 2.75) is 26.7 Å². The fourth-order valence-corrected chi connectivity index (χ4v) is 2.00. The Hall–Kier alpha value is -1.49. The van der Waals surface area contributed by atoms with Gasteiger partial charge in [0.2, 0.25) is 5.78 Å². The van der Waals surface area contributed by atoms with Crippen molar-refractivity contribution in [1.29, 1.82) is 0 Å². The fourth-order valence-electron chi connectivity index (χ4n) is 1.63. The molecule has 0 radical (unpaired) electrons. The fraction of sp³-hybridized carbons (Fsp3) is 0.364. The quantitative estimate of drug-likeness (QED) is 0.771. The SMILES string of the molecule is Cc1cc(=O)[nH]c2nc(=S)c(C(C)C)cn12. The van der Waals surface area contributed by atoms with Gasteiger partial charge >= 0.3 is 0 Å². The maximum atomic E-state index is 11.3. The molecule has 1 N–H and O–H groups in total. The molecule has 0 aliphatic rings. The Morgan fingerprint density at radius 3 is 2.81 bits per heavy atom. The molecular formula is C11H13N3OS. The number of nitrogens with zero attached hydrogens (tertiary/aromatic N) is 2. The zero-order valence-electron chi connectivity index (χ0n) is 9.44. The lowest BCUT2D eigenvalue weighted by atomic mass is 10.1. The molecule has 0 bridgehead atoms. The number of H-pyrrole nitrogens is 1. The molecule has 0 fully saturated rings. The Kier molecular flexibility index (Phi) is 2.63. The van der Waals surface area contributed by atoms with Crippen LogP contribution in [0, 0.1) is 11.6 Å². The lowest BCUT2D eigenvalue weighted by molar-refractivity contribution is 0.824. The van der Waals surface area contributed by atoms with Gasteiger partial charge in [-0.25, -0.2) is 4.98 Å². The first kappa shape index (κ1) is 11.0. The first-order valence-corrected chi connectivity index (χ1v) is 5.53. The number of fused-ring (bicyclic) bond motifs is 1. The summed E-state index contributed by atoms with van der Waals surface area (Å²) in [6.07, 6.45) is 1.95. The number of hydrogen-bond acceptors (Lipinski definition) is 3. The first-order chi connectivity index (χ1) is 7.49. The first-order valence-electron chi connectivity index (χ1n) is 5.12. The molecule has 2 rings (SSSR count). The molecule has 0 aliphatic carbocycles. The largest absolute Gasteiger partial charge is 0.292 e. The predicted molar refractivity (Wildman–Crippen MR) is 65.5 cm³/mol. The second-order valence-corrected chi connectivity index (χ2v) is 4.51. The predicted octanol–water partition coefficient (Wildman–Crippen LogP) is 2.18. The number of rotatable bonds is 1. The van der Waals surface area contributed by atoms with Crippen LogP contribution in [0.15, 0.2) is 17.1 Å². The summed E-state index contributed by atoms with van der Waals surface area (Å²) < 4.78 is 2.41. The highest BCUT2D eigenvalue weighted by molar-refractivity contribution is 7.71. The van der Waals surface area contributed by atoms with Gasteiger partial charge in [-0.2, -0.15) is 0 Å². The molecule has 0 aromatic carbocycles. The van der Waals surface area contributed by atoms with Gasteiger partial charge in [-0.15, -0.1) is 0 Å². The third-order valence-corrected chi connectivity index (χ3v) is 2.85. The normalized spacial score (nSPS) is 11.2. The van der Waals surface area contributed by atoms with Crippen molar-refractivity contribution in [1.82, 2.24) is 14.4 Å². The van der Waals surface area contributed by atoms with Gasteiger partial charge in [-0.1, -0.05) is 26.1 Å². The van der Waals surface area contributed by atoms with E-state index in [2.05, 4.69) is 23.8 Å². The maximum absolute atomic E-state index is 11.3. The van der Waals surface area contributed by atoms with E-state index in [1.165, 1.54) is 0 Å². The summed E-state index contributed by atoms with van der Waals surface area (Å²) in [5.41, 5.74) is 1.71. The molecule has 0 amide bonds. The molecule has 4 nitrogen and oxygen atoms in total. The van der Waals surface area contributed by atoms with Crippen LogP contribution in [0.1, 0.15) is 31.0 Å². The average molecular weight is 235 g/mol. The summed E-state index contributed by atoms with van der Waals surface area (Å²) in [7, 11) is 0. The molecule has 0 saturated carbocycles. The highest BCUT2D eigenvalue weighted by Crippen LogP contribution is 2.15. The molecule has 0 aliphatic heterocycles. The minimum atomic E-state index is -0.156. The Bertz CT molecular complexity index is 654. The molecule has 16 heavy (non-hydrogen) atoms. The van der Waals surface area contributed by atoms with Crippen molar-refractivity contribution in [2.24, 2.45) is 0 Å². The number of aromatic nitrogens is 3. The molecule has 0 atom stereocenters. The molecule has 5 heteroatoms. The van der Waals surface area contributed by atoms with E-state index < -0.39 is 0 Å². The highest BCUT2D eigenvalue weighted by atomic mass is 32.1. The Labute approximate surface area is 98.0 Å². The van der Waals surface area contributed by atoms with E-state index >= 15 is 0 Å². The number of hydrogen-bond donors (Lipinski definition) is 1. The minimum absolute atomic E-state index is 0.156. The van der Waals surface area contributed by atoms with E-state index in [4.69, 9.17) is 12.2 Å². The average Bonchev–Trinajstić information content (AvgIpc) is 2.15. The van der Waals surface area contributed by atoms with Crippen molar-refractivity contribution in [2.75, 3.05) is 0 Å². The van der Waals surface area contributed by atoms with Crippen molar-refractivity contribution in [3.63, 3.8) is 0 Å². The van der Waals surface area contributed by atoms with Crippen molar-refractivity contribution in [3.05, 3.63) is 38.5 Å². The zero-order chi connectivity index (χ0) is 11.9. The second kappa shape index (κ2) is 3.83. The van der Waals surface area contributed by atoms with Gasteiger partial charge in [0.25, 0.3) is 5.56 Å². The number of nitrogens with one attached hydrogen (secondary N) is 1. The van der Waals surface area contributed by atoms with Gasteiger partial charge in [0.05, 0.1) is 0 Å². The Morgan fingerprint density at radius 2 is 2.19 bits per heavy atom. The molecule has 2 aromatic rings. The molecule has 0 spiro atoms. The van der Waals surface area contributed by atoms with Crippen LogP contribution < -0.4 is 5.56 Å². The van der Waals surface area contributed by atoms with E-state index in [1.54, 1.807) is 6.07 Å². The third kappa shape index (κ3) is 1.78. The summed E-state index contributed by atoms with van der Waals surface area (Å²) in [6, 6.07) is 1.54. The number of aryl methyl sites for hydroxylation is 1. The van der Waals surface area contributed by atoms with Crippen LogP contribution in [-0.4, -0.2) is 14.4 Å².